The summed E-state index contributed by atoms with van der Waals surface area (Å²) in [5.74, 6) is 0.333. The molecule has 0 bridgehead atoms. The van der Waals surface area contributed by atoms with Crippen molar-refractivity contribution >= 4 is 29.8 Å². The molecule has 0 aromatic heterocycles. The number of aliphatic imine (C=N–C) groups is 2. The number of aliphatic hydroxyl groups is 1. The van der Waals surface area contributed by atoms with Gasteiger partial charge in [0.2, 0.25) is 0 Å². The molecule has 1 rings (SSSR count). The summed E-state index contributed by atoms with van der Waals surface area (Å²) in [5.41, 5.74) is 10.1. The van der Waals surface area contributed by atoms with Crippen molar-refractivity contribution in [2.24, 2.45) is 21.5 Å². The third-order valence-electron chi connectivity index (χ3n) is 2.87. The van der Waals surface area contributed by atoms with E-state index in [-0.39, 0.29) is 40.3 Å². The van der Waals surface area contributed by atoms with E-state index in [4.69, 9.17) is 14.6 Å². The number of aliphatic hydroxyl groups excluding tert-OH is 1. The van der Waals surface area contributed by atoms with Gasteiger partial charge < -0.3 is 62.4 Å². The Balaban J connectivity index is -0.0000000269. The standard InChI is InChI=1S/C6H13NO.C4H9N.C3H9NO.C3H7N.2C3H6O.C2H4O.2CH5N.3H2O/c1-6(2)7(3)4-5-8-6;1-4(2)5-3;1-4-2-3-5;1-3-4-2;2*1-3(2)4;1-2-3;2*1-2;;;/h4-5H2,1-3H3;1-3H3;4-5H,2-3H2,1H3;3H,1-2H3;2*1-2H3;2H,1H3;2*2H2,1H3;3*1H2/p+3. The van der Waals surface area contributed by atoms with E-state index in [9.17, 15) is 9.59 Å². The summed E-state index contributed by atoms with van der Waals surface area (Å²) >= 11 is 0. The van der Waals surface area contributed by atoms with Crippen LogP contribution in [0.25, 0.3) is 0 Å². The van der Waals surface area contributed by atoms with Crippen LogP contribution < -0.4 is 16.8 Å². The van der Waals surface area contributed by atoms with Crippen LogP contribution in [0.1, 0.15) is 69.2 Å². The second-order valence-corrected chi connectivity index (χ2v) is 7.28. The number of carbonyl (C=O) groups excluding carboxylic acids is 3. The van der Waals surface area contributed by atoms with E-state index >= 15 is 0 Å². The molecule has 0 saturated carbocycles. The van der Waals surface area contributed by atoms with Crippen molar-refractivity contribution in [1.29, 1.82) is 0 Å². The molecule has 0 unspecified atom stereocenters. The number of aldehydes is 1. The Kier molecular flexibility index (Phi) is 127. The molecule has 0 spiro atoms. The number of ketones is 2. The van der Waals surface area contributed by atoms with Crippen LogP contribution in [-0.2, 0) is 35.5 Å². The van der Waals surface area contributed by atoms with Gasteiger partial charge >= 0.3 is 0 Å². The lowest BCUT2D eigenvalue weighted by Gasteiger charge is -2.25. The van der Waals surface area contributed by atoms with Gasteiger partial charge in [-0.2, -0.15) is 0 Å². The van der Waals surface area contributed by atoms with Gasteiger partial charge in [-0.3, -0.25) is 9.89 Å². The monoisotopic (exact) mass is 598 g/mol. The molecule has 0 radical (unpaired) electrons. The number of rotatable bonds is 2. The first-order chi connectivity index (χ1) is 17.1. The summed E-state index contributed by atoms with van der Waals surface area (Å²) in [4.78, 5) is 37.3. The molecule has 0 aromatic rings. The second kappa shape index (κ2) is 70.9. The van der Waals surface area contributed by atoms with Gasteiger partial charge in [-0.05, 0) is 104 Å². The van der Waals surface area contributed by atoms with Crippen LogP contribution in [-0.4, -0.2) is 114 Å². The van der Waals surface area contributed by atoms with Crippen LogP contribution >= 0.6 is 0 Å². The Morgan fingerprint density at radius 2 is 1.20 bits per heavy atom. The lowest BCUT2D eigenvalue weighted by molar-refractivity contribution is -0.115. The van der Waals surface area contributed by atoms with Gasteiger partial charge in [0.1, 0.15) is 23.6 Å². The van der Waals surface area contributed by atoms with Gasteiger partial charge in [0.15, 0.2) is 0 Å². The first-order valence-electron chi connectivity index (χ1n) is 12.0. The lowest BCUT2D eigenvalue weighted by Crippen LogP contribution is -2.35. The highest BCUT2D eigenvalue weighted by Crippen LogP contribution is 2.18. The third kappa shape index (κ3) is 172. The van der Waals surface area contributed by atoms with Gasteiger partial charge in [-0.15, -0.1) is 0 Å². The third-order valence-corrected chi connectivity index (χ3v) is 2.87. The van der Waals surface area contributed by atoms with Crippen molar-refractivity contribution in [3.05, 3.63) is 0 Å². The number of nitrogens with one attached hydrogen (secondary N) is 1. The van der Waals surface area contributed by atoms with Crippen molar-refractivity contribution in [3.63, 3.8) is 0 Å². The zero-order valence-electron chi connectivity index (χ0n) is 28.8. The minimum Gasteiger partial charge on any atom is -0.457 e. The van der Waals surface area contributed by atoms with Crippen molar-refractivity contribution in [1.82, 2.24) is 10.2 Å². The Bertz CT molecular complexity index is 464. The Hall–Kier alpha value is -2.01. The molecule has 1 aliphatic rings. The molecule has 15 N–H and O–H groups in total. The molecule has 0 amide bonds. The summed E-state index contributed by atoms with van der Waals surface area (Å²) in [5, 5.41) is 10.8. The molecule has 1 heterocycles. The molecule has 40 heavy (non-hydrogen) atoms. The summed E-state index contributed by atoms with van der Waals surface area (Å²) in [7, 11) is 10.4. The van der Waals surface area contributed by atoms with Gasteiger partial charge in [0.25, 0.3) is 0 Å². The summed E-state index contributed by atoms with van der Waals surface area (Å²) < 4.78 is 5.38. The number of nitrogens with two attached hydrogens (primary N) is 2. The zero-order chi connectivity index (χ0) is 31.9. The van der Waals surface area contributed by atoms with E-state index in [1.54, 1.807) is 27.4 Å². The summed E-state index contributed by atoms with van der Waals surface area (Å²) in [6, 6.07) is 0. The second-order valence-electron chi connectivity index (χ2n) is 7.28. The molecular formula is C26H73N6O8+3. The number of hydrogen-bond donors (Lipinski definition) is 4. The molecule has 0 aromatic carbocycles. The molecule has 1 fully saturated rings. The highest BCUT2D eigenvalue weighted by molar-refractivity contribution is 5.78. The van der Waals surface area contributed by atoms with E-state index in [2.05, 4.69) is 52.6 Å². The molecule has 1 saturated heterocycles. The number of hydrogen-bond acceptors (Lipinski definition) is 11. The highest BCUT2D eigenvalue weighted by Gasteiger charge is 2.28. The summed E-state index contributed by atoms with van der Waals surface area (Å²) in [6.07, 6.45) is 2.50. The molecule has 1 aliphatic heterocycles. The Morgan fingerprint density at radius 3 is 1.23 bits per heavy atom. The molecule has 14 heteroatoms. The topological polar surface area (TPSA) is 272 Å². The SMILES string of the molecule is CC(C)=O.CC(C)=O.CC=NC.CC=O.CN.CN.CN1CCOC1(C)C.CN=C(C)C.CNCCO.[OH3+].[OH3+].[OH3+]. The number of likely N-dealkylation sites (N-methyl/N-ethyl adjacent to an activating group) is 2. The van der Waals surface area contributed by atoms with E-state index in [1.165, 1.54) is 48.7 Å². The van der Waals surface area contributed by atoms with Crippen LogP contribution in [0, 0.1) is 0 Å². The normalized spacial score (nSPS) is 10.6. The van der Waals surface area contributed by atoms with E-state index in [0.717, 1.165) is 25.1 Å². The van der Waals surface area contributed by atoms with E-state index in [0.29, 0.717) is 6.54 Å². The Morgan fingerprint density at radius 1 is 0.950 bits per heavy atom. The number of nitrogens with zero attached hydrogens (tertiary/aromatic N) is 3. The van der Waals surface area contributed by atoms with Gasteiger partial charge in [-0.25, -0.2) is 0 Å². The molecule has 0 atom stereocenters. The largest absolute Gasteiger partial charge is 0.457 e. The first-order valence-corrected chi connectivity index (χ1v) is 12.0. The predicted molar refractivity (Wildman–Crippen MR) is 178 cm³/mol. The zero-order valence-corrected chi connectivity index (χ0v) is 28.8. The van der Waals surface area contributed by atoms with Gasteiger partial charge in [0, 0.05) is 32.9 Å². The fourth-order valence-electron chi connectivity index (χ4n) is 0.924. The minimum absolute atomic E-state index is 0. The average molecular weight is 598 g/mol. The quantitative estimate of drug-likeness (QED) is 0.180. The van der Waals surface area contributed by atoms with Gasteiger partial charge in [0.05, 0.1) is 13.2 Å². The fourth-order valence-corrected chi connectivity index (χ4v) is 0.924. The van der Waals surface area contributed by atoms with Crippen molar-refractivity contribution in [2.45, 2.75) is 75.0 Å². The van der Waals surface area contributed by atoms with E-state index in [1.807, 2.05) is 20.8 Å². The van der Waals surface area contributed by atoms with Crippen LogP contribution in [0.2, 0.25) is 0 Å². The molecule has 252 valence electrons. The number of ether oxygens (including phenoxy) is 1. The maximum absolute atomic E-state index is 9.44. The van der Waals surface area contributed by atoms with E-state index < -0.39 is 0 Å². The molecular weight excluding hydrogens is 524 g/mol. The predicted octanol–water partition coefficient (Wildman–Crippen LogP) is -0.534. The Labute approximate surface area is 246 Å². The maximum atomic E-state index is 9.44. The maximum Gasteiger partial charge on any atom is 0.126 e. The smallest absolute Gasteiger partial charge is 0.126 e. The molecule has 14 nitrogen and oxygen atoms in total. The van der Waals surface area contributed by atoms with Crippen molar-refractivity contribution in [3.8, 4) is 0 Å². The number of carbonyl (C=O) groups is 3. The minimum atomic E-state index is -0.0139. The number of Topliss-reactive ketones (excluding diaryl/α,β-unsaturated/α-hetero) is 2. The first kappa shape index (κ1) is 71.4. The van der Waals surface area contributed by atoms with Crippen LogP contribution in [0.5, 0.6) is 0 Å². The van der Waals surface area contributed by atoms with Crippen LogP contribution in [0.15, 0.2) is 9.98 Å². The average Bonchev–Trinajstić information content (AvgIpc) is 3.13. The summed E-state index contributed by atoms with van der Waals surface area (Å²) in [6.45, 7) is 20.4. The van der Waals surface area contributed by atoms with Crippen LogP contribution in [0.4, 0.5) is 0 Å². The highest BCUT2D eigenvalue weighted by atomic mass is 16.5. The van der Waals surface area contributed by atoms with Crippen LogP contribution in [0.3, 0.4) is 0 Å². The van der Waals surface area contributed by atoms with Crippen molar-refractivity contribution < 1.29 is 40.7 Å². The van der Waals surface area contributed by atoms with Gasteiger partial charge in [-0.1, -0.05) is 0 Å². The lowest BCUT2D eigenvalue weighted by atomic mass is 10.3. The van der Waals surface area contributed by atoms with Crippen molar-refractivity contribution in [2.75, 3.05) is 68.6 Å². The molecule has 0 aliphatic carbocycles. The fraction of sp³-hybridized carbons (Fsp3) is 0.808.